The lowest BCUT2D eigenvalue weighted by Crippen LogP contribution is -2.31. The lowest BCUT2D eigenvalue weighted by molar-refractivity contribution is 0.0733. The molecule has 0 spiro atoms. The quantitative estimate of drug-likeness (QED) is 0.685. The number of carbonyl (C=O) groups is 1. The van der Waals surface area contributed by atoms with Crippen LogP contribution in [0.5, 0.6) is 0 Å². The van der Waals surface area contributed by atoms with Crippen molar-refractivity contribution in [1.29, 1.82) is 0 Å². The third-order valence-corrected chi connectivity index (χ3v) is 5.51. The summed E-state index contributed by atoms with van der Waals surface area (Å²) < 4.78 is 16.2. The number of nitrogens with zero attached hydrogens (tertiary/aromatic N) is 3. The van der Waals surface area contributed by atoms with E-state index in [9.17, 15) is 9.18 Å². The van der Waals surface area contributed by atoms with Crippen molar-refractivity contribution in [2.24, 2.45) is 7.05 Å². The molecule has 23 heavy (non-hydrogen) atoms. The normalized spacial score (nSPS) is 17.8. The summed E-state index contributed by atoms with van der Waals surface area (Å²) in [5, 5.41) is 4.47. The van der Waals surface area contributed by atoms with E-state index < -0.39 is 0 Å². The summed E-state index contributed by atoms with van der Waals surface area (Å²) in [6, 6.07) is 4.39. The molecule has 1 aromatic carbocycles. The Kier molecular flexibility index (Phi) is 4.44. The Labute approximate surface area is 148 Å². The van der Waals surface area contributed by atoms with Gasteiger partial charge in [0.1, 0.15) is 5.82 Å². The van der Waals surface area contributed by atoms with Crippen LogP contribution >= 0.6 is 22.6 Å². The van der Waals surface area contributed by atoms with Crippen molar-refractivity contribution in [3.05, 3.63) is 50.1 Å². The molecule has 2 heterocycles. The molecular formula is C17H19FIN3O. The summed E-state index contributed by atoms with van der Waals surface area (Å²) in [4.78, 5) is 14.8. The summed E-state index contributed by atoms with van der Waals surface area (Å²) in [7, 11) is 1.92. The molecule has 1 amide bonds. The molecule has 1 aliphatic rings. The molecule has 122 valence electrons. The minimum absolute atomic E-state index is 0.0234. The van der Waals surface area contributed by atoms with E-state index in [1.807, 2.05) is 30.5 Å². The van der Waals surface area contributed by atoms with Gasteiger partial charge in [-0.3, -0.25) is 9.48 Å². The van der Waals surface area contributed by atoms with Crippen LogP contribution < -0.4 is 0 Å². The number of likely N-dealkylation sites (tertiary alicyclic amines) is 1. The third-order valence-electron chi connectivity index (χ3n) is 4.57. The summed E-state index contributed by atoms with van der Waals surface area (Å²) >= 11 is 2.09. The molecular weight excluding hydrogens is 408 g/mol. The topological polar surface area (TPSA) is 38.1 Å². The van der Waals surface area contributed by atoms with Gasteiger partial charge in [-0.25, -0.2) is 4.39 Å². The molecule has 3 rings (SSSR count). The van der Waals surface area contributed by atoms with Gasteiger partial charge >= 0.3 is 0 Å². The van der Waals surface area contributed by atoms with Crippen LogP contribution in [0.15, 0.2) is 18.2 Å². The second kappa shape index (κ2) is 6.22. The van der Waals surface area contributed by atoms with Crippen molar-refractivity contribution in [3.8, 4) is 0 Å². The fourth-order valence-electron chi connectivity index (χ4n) is 3.40. The first-order valence-electron chi connectivity index (χ1n) is 7.66. The van der Waals surface area contributed by atoms with E-state index in [0.29, 0.717) is 12.1 Å². The van der Waals surface area contributed by atoms with Gasteiger partial charge in [-0.05, 0) is 67.5 Å². The number of benzene rings is 1. The predicted molar refractivity (Wildman–Crippen MR) is 94.8 cm³/mol. The zero-order valence-electron chi connectivity index (χ0n) is 13.4. The summed E-state index contributed by atoms with van der Waals surface area (Å²) in [5.41, 5.74) is 3.62. The highest BCUT2D eigenvalue weighted by molar-refractivity contribution is 14.1. The Morgan fingerprint density at radius 2 is 2.13 bits per heavy atom. The highest BCUT2D eigenvalue weighted by Gasteiger charge is 2.34. The number of carbonyl (C=O) groups excluding carboxylic acids is 1. The Morgan fingerprint density at radius 3 is 2.78 bits per heavy atom. The fraction of sp³-hybridized carbons (Fsp3) is 0.412. The molecule has 1 aromatic heterocycles. The van der Waals surface area contributed by atoms with Crippen LogP contribution in [-0.2, 0) is 7.05 Å². The van der Waals surface area contributed by atoms with Crippen molar-refractivity contribution in [2.75, 3.05) is 6.54 Å². The van der Waals surface area contributed by atoms with Gasteiger partial charge in [-0.1, -0.05) is 0 Å². The van der Waals surface area contributed by atoms with E-state index in [1.54, 1.807) is 6.07 Å². The molecule has 1 atom stereocenters. The van der Waals surface area contributed by atoms with Crippen LogP contribution in [0, 0.1) is 23.2 Å². The molecule has 1 saturated heterocycles. The van der Waals surface area contributed by atoms with E-state index in [-0.39, 0.29) is 17.8 Å². The van der Waals surface area contributed by atoms with Crippen molar-refractivity contribution in [1.82, 2.24) is 14.7 Å². The summed E-state index contributed by atoms with van der Waals surface area (Å²) in [5.74, 6) is -0.475. The maximum absolute atomic E-state index is 13.6. The summed E-state index contributed by atoms with van der Waals surface area (Å²) in [6.45, 7) is 4.71. The van der Waals surface area contributed by atoms with Crippen LogP contribution in [0.3, 0.4) is 0 Å². The van der Waals surface area contributed by atoms with Gasteiger partial charge in [0.05, 0.1) is 17.3 Å². The molecule has 4 nitrogen and oxygen atoms in total. The van der Waals surface area contributed by atoms with Gasteiger partial charge in [-0.15, -0.1) is 0 Å². The summed E-state index contributed by atoms with van der Waals surface area (Å²) in [6.07, 6.45) is 1.88. The fourth-order valence-corrected chi connectivity index (χ4v) is 3.96. The van der Waals surface area contributed by atoms with E-state index in [0.717, 1.165) is 33.4 Å². The molecule has 2 aromatic rings. The van der Waals surface area contributed by atoms with Gasteiger partial charge in [0.25, 0.3) is 5.91 Å². The van der Waals surface area contributed by atoms with Gasteiger partial charge in [0.15, 0.2) is 0 Å². The molecule has 0 aliphatic carbocycles. The number of hydrogen-bond donors (Lipinski definition) is 0. The average Bonchev–Trinajstić information content (AvgIpc) is 3.06. The van der Waals surface area contributed by atoms with E-state index in [4.69, 9.17) is 0 Å². The smallest absolute Gasteiger partial charge is 0.255 e. The van der Waals surface area contributed by atoms with Crippen molar-refractivity contribution >= 4 is 28.5 Å². The average molecular weight is 427 g/mol. The Bertz CT molecular complexity index is 771. The Balaban J connectivity index is 1.98. The minimum atomic E-state index is -0.377. The number of amides is 1. The molecule has 1 fully saturated rings. The molecule has 0 N–H and O–H groups in total. The molecule has 6 heteroatoms. The molecule has 1 aliphatic heterocycles. The van der Waals surface area contributed by atoms with E-state index in [1.165, 1.54) is 12.1 Å². The Morgan fingerprint density at radius 1 is 1.39 bits per heavy atom. The standard InChI is InChI=1S/C17H19FIN3O/c1-10-16(11(2)21(3)20-10)15-5-4-8-22(15)17(23)13-9-12(18)6-7-14(13)19/h6-7,9,15H,4-5,8H2,1-3H3. The monoisotopic (exact) mass is 427 g/mol. The maximum Gasteiger partial charge on any atom is 0.255 e. The zero-order valence-corrected chi connectivity index (χ0v) is 15.6. The largest absolute Gasteiger partial charge is 0.331 e. The first kappa shape index (κ1) is 16.4. The predicted octanol–water partition coefficient (Wildman–Crippen LogP) is 3.76. The van der Waals surface area contributed by atoms with Gasteiger partial charge in [0.2, 0.25) is 0 Å². The number of hydrogen-bond acceptors (Lipinski definition) is 2. The molecule has 1 unspecified atom stereocenters. The lowest BCUT2D eigenvalue weighted by Gasteiger charge is -2.26. The molecule has 0 bridgehead atoms. The number of halogens is 2. The van der Waals surface area contributed by atoms with Gasteiger partial charge in [-0.2, -0.15) is 5.10 Å². The number of aromatic nitrogens is 2. The second-order valence-electron chi connectivity index (χ2n) is 5.99. The van der Waals surface area contributed by atoms with Crippen LogP contribution in [0.1, 0.15) is 46.2 Å². The number of rotatable bonds is 2. The van der Waals surface area contributed by atoms with Crippen LogP contribution in [0.2, 0.25) is 0 Å². The number of aryl methyl sites for hydroxylation is 2. The SMILES string of the molecule is Cc1nn(C)c(C)c1C1CCCN1C(=O)c1cc(F)ccc1I. The van der Waals surface area contributed by atoms with Crippen molar-refractivity contribution in [3.63, 3.8) is 0 Å². The first-order chi connectivity index (χ1) is 10.9. The lowest BCUT2D eigenvalue weighted by atomic mass is 10.0. The highest BCUT2D eigenvalue weighted by Crippen LogP contribution is 2.36. The van der Waals surface area contributed by atoms with Crippen LogP contribution in [0.4, 0.5) is 4.39 Å². The van der Waals surface area contributed by atoms with E-state index in [2.05, 4.69) is 27.7 Å². The minimum Gasteiger partial charge on any atom is -0.331 e. The van der Waals surface area contributed by atoms with Crippen molar-refractivity contribution in [2.45, 2.75) is 32.7 Å². The van der Waals surface area contributed by atoms with Crippen molar-refractivity contribution < 1.29 is 9.18 Å². The van der Waals surface area contributed by atoms with Gasteiger partial charge in [0, 0.05) is 28.4 Å². The second-order valence-corrected chi connectivity index (χ2v) is 7.15. The molecule has 0 saturated carbocycles. The maximum atomic E-state index is 13.6. The van der Waals surface area contributed by atoms with Crippen LogP contribution in [-0.4, -0.2) is 27.1 Å². The van der Waals surface area contributed by atoms with Gasteiger partial charge < -0.3 is 4.90 Å². The van der Waals surface area contributed by atoms with Crippen LogP contribution in [0.25, 0.3) is 0 Å². The molecule has 0 radical (unpaired) electrons. The Hall–Kier alpha value is -1.44. The highest BCUT2D eigenvalue weighted by atomic mass is 127. The first-order valence-corrected chi connectivity index (χ1v) is 8.74. The van der Waals surface area contributed by atoms with E-state index >= 15 is 0 Å². The third kappa shape index (κ3) is 2.88. The zero-order chi connectivity index (χ0) is 16.7.